The number of aromatic nitrogens is 2. The molecule has 1 atom stereocenters. The second-order valence-electron chi connectivity index (χ2n) is 5.16. The predicted octanol–water partition coefficient (Wildman–Crippen LogP) is 2.55. The number of piperidine rings is 1. The largest absolute Gasteiger partial charge is 0.316 e. The van der Waals surface area contributed by atoms with Crippen LogP contribution in [0.25, 0.3) is 5.69 Å². The first-order valence-electron chi connectivity index (χ1n) is 6.82. The summed E-state index contributed by atoms with van der Waals surface area (Å²) in [6.45, 7) is 2.20. The van der Waals surface area contributed by atoms with Gasteiger partial charge in [-0.3, -0.25) is 0 Å². The van der Waals surface area contributed by atoms with Crippen LogP contribution < -0.4 is 5.32 Å². The highest BCUT2D eigenvalue weighted by Crippen LogP contribution is 2.18. The molecule has 1 aromatic carbocycles. The molecular weight excluding hydrogens is 241 g/mol. The Morgan fingerprint density at radius 1 is 1.37 bits per heavy atom. The Labute approximate surface area is 112 Å². The molecule has 0 amide bonds. The third-order valence-electron chi connectivity index (χ3n) is 3.66. The molecule has 1 saturated heterocycles. The molecule has 3 rings (SSSR count). The zero-order valence-corrected chi connectivity index (χ0v) is 10.8. The van der Waals surface area contributed by atoms with Crippen LogP contribution in [-0.4, -0.2) is 22.9 Å². The Balaban J connectivity index is 1.74. The Hall–Kier alpha value is -1.68. The third-order valence-corrected chi connectivity index (χ3v) is 3.66. The Bertz CT molecular complexity index is 544. The van der Waals surface area contributed by atoms with Crippen molar-refractivity contribution >= 4 is 0 Å². The maximum absolute atomic E-state index is 13.7. The van der Waals surface area contributed by atoms with Gasteiger partial charge in [0.1, 0.15) is 11.5 Å². The minimum absolute atomic E-state index is 0.239. The first kappa shape index (κ1) is 12.4. The molecular formula is C15H18FN3. The highest BCUT2D eigenvalue weighted by Gasteiger charge is 2.14. The van der Waals surface area contributed by atoms with Gasteiger partial charge in [-0.1, -0.05) is 12.1 Å². The summed E-state index contributed by atoms with van der Waals surface area (Å²) in [6.07, 6.45) is 7.31. The highest BCUT2D eigenvalue weighted by molar-refractivity contribution is 5.33. The molecule has 1 unspecified atom stereocenters. The van der Waals surface area contributed by atoms with Crippen molar-refractivity contribution in [2.45, 2.75) is 19.3 Å². The van der Waals surface area contributed by atoms with Gasteiger partial charge in [-0.05, 0) is 56.0 Å². The van der Waals surface area contributed by atoms with Gasteiger partial charge in [-0.25, -0.2) is 9.07 Å². The summed E-state index contributed by atoms with van der Waals surface area (Å²) in [5.74, 6) is 0.434. The van der Waals surface area contributed by atoms with Crippen LogP contribution in [0.5, 0.6) is 0 Å². The van der Waals surface area contributed by atoms with E-state index in [-0.39, 0.29) is 5.82 Å². The highest BCUT2D eigenvalue weighted by atomic mass is 19.1. The van der Waals surface area contributed by atoms with Crippen molar-refractivity contribution in [2.24, 2.45) is 5.92 Å². The second kappa shape index (κ2) is 5.53. The van der Waals surface area contributed by atoms with Gasteiger partial charge < -0.3 is 5.32 Å². The molecule has 1 aromatic heterocycles. The Morgan fingerprint density at radius 2 is 2.26 bits per heavy atom. The van der Waals surface area contributed by atoms with Gasteiger partial charge >= 0.3 is 0 Å². The lowest BCUT2D eigenvalue weighted by Crippen LogP contribution is -2.30. The fourth-order valence-corrected chi connectivity index (χ4v) is 2.67. The van der Waals surface area contributed by atoms with E-state index in [0.717, 1.165) is 19.5 Å². The minimum atomic E-state index is -0.239. The van der Waals surface area contributed by atoms with E-state index < -0.39 is 0 Å². The SMILES string of the molecule is Fc1ccccc1-n1cc(CC2CCCNC2)cn1. The zero-order chi connectivity index (χ0) is 13.1. The zero-order valence-electron chi connectivity index (χ0n) is 10.8. The molecule has 1 aliphatic rings. The van der Waals surface area contributed by atoms with Crippen LogP contribution in [0.2, 0.25) is 0 Å². The van der Waals surface area contributed by atoms with E-state index in [2.05, 4.69) is 10.4 Å². The van der Waals surface area contributed by atoms with Crippen molar-refractivity contribution < 1.29 is 4.39 Å². The second-order valence-corrected chi connectivity index (χ2v) is 5.16. The first-order valence-corrected chi connectivity index (χ1v) is 6.82. The Morgan fingerprint density at radius 3 is 3.05 bits per heavy atom. The molecule has 1 N–H and O–H groups in total. The number of nitrogens with one attached hydrogen (secondary N) is 1. The molecule has 0 spiro atoms. The fourth-order valence-electron chi connectivity index (χ4n) is 2.67. The molecule has 1 aliphatic heterocycles. The molecule has 2 aromatic rings. The van der Waals surface area contributed by atoms with E-state index in [4.69, 9.17) is 0 Å². The van der Waals surface area contributed by atoms with E-state index in [1.807, 2.05) is 18.5 Å². The van der Waals surface area contributed by atoms with Gasteiger partial charge in [0.05, 0.1) is 6.20 Å². The fraction of sp³-hybridized carbons (Fsp3) is 0.400. The first-order chi connectivity index (χ1) is 9.33. The molecule has 19 heavy (non-hydrogen) atoms. The van der Waals surface area contributed by atoms with E-state index in [1.54, 1.807) is 16.8 Å². The minimum Gasteiger partial charge on any atom is -0.316 e. The smallest absolute Gasteiger partial charge is 0.148 e. The van der Waals surface area contributed by atoms with Gasteiger partial charge in [0.25, 0.3) is 0 Å². The number of nitrogens with zero attached hydrogens (tertiary/aromatic N) is 2. The standard InChI is InChI=1S/C15H18FN3/c16-14-5-1-2-6-15(14)19-11-13(10-18-19)8-12-4-3-7-17-9-12/h1-2,5-6,10-12,17H,3-4,7-9H2. The van der Waals surface area contributed by atoms with E-state index in [1.165, 1.54) is 24.5 Å². The summed E-state index contributed by atoms with van der Waals surface area (Å²) in [5.41, 5.74) is 1.69. The van der Waals surface area contributed by atoms with Crippen molar-refractivity contribution in [3.05, 3.63) is 48.0 Å². The van der Waals surface area contributed by atoms with Crippen LogP contribution in [0.1, 0.15) is 18.4 Å². The molecule has 1 fully saturated rings. The van der Waals surface area contributed by atoms with Gasteiger partial charge in [0, 0.05) is 6.20 Å². The lowest BCUT2D eigenvalue weighted by molar-refractivity contribution is 0.376. The summed E-state index contributed by atoms with van der Waals surface area (Å²) in [7, 11) is 0. The summed E-state index contributed by atoms with van der Waals surface area (Å²) in [4.78, 5) is 0. The molecule has 4 heteroatoms. The number of halogens is 1. The molecule has 100 valence electrons. The number of hydrogen-bond donors (Lipinski definition) is 1. The summed E-state index contributed by atoms with van der Waals surface area (Å²) in [5, 5.41) is 7.68. The van der Waals surface area contributed by atoms with Crippen molar-refractivity contribution in [3.8, 4) is 5.69 Å². The number of para-hydroxylation sites is 1. The van der Waals surface area contributed by atoms with Crippen molar-refractivity contribution in [3.63, 3.8) is 0 Å². The van der Waals surface area contributed by atoms with Gasteiger partial charge in [-0.15, -0.1) is 0 Å². The Kier molecular flexibility index (Phi) is 3.60. The average molecular weight is 259 g/mol. The summed E-state index contributed by atoms with van der Waals surface area (Å²) < 4.78 is 15.3. The lowest BCUT2D eigenvalue weighted by Gasteiger charge is -2.21. The maximum atomic E-state index is 13.7. The number of hydrogen-bond acceptors (Lipinski definition) is 2. The topological polar surface area (TPSA) is 29.9 Å². The van der Waals surface area contributed by atoms with Gasteiger partial charge in [0.2, 0.25) is 0 Å². The predicted molar refractivity (Wildman–Crippen MR) is 72.8 cm³/mol. The molecule has 2 heterocycles. The average Bonchev–Trinajstić information content (AvgIpc) is 2.89. The van der Waals surface area contributed by atoms with Crippen LogP contribution in [0.4, 0.5) is 4.39 Å². The summed E-state index contributed by atoms with van der Waals surface area (Å²) in [6, 6.07) is 6.72. The number of benzene rings is 1. The van der Waals surface area contributed by atoms with E-state index in [0.29, 0.717) is 11.6 Å². The monoisotopic (exact) mass is 259 g/mol. The van der Waals surface area contributed by atoms with Crippen LogP contribution in [0.3, 0.4) is 0 Å². The maximum Gasteiger partial charge on any atom is 0.148 e. The van der Waals surface area contributed by atoms with Gasteiger partial charge in [-0.2, -0.15) is 5.10 Å². The number of rotatable bonds is 3. The van der Waals surface area contributed by atoms with Crippen LogP contribution in [-0.2, 0) is 6.42 Å². The molecule has 0 bridgehead atoms. The van der Waals surface area contributed by atoms with E-state index >= 15 is 0 Å². The summed E-state index contributed by atoms with van der Waals surface area (Å²) >= 11 is 0. The molecule has 0 aliphatic carbocycles. The lowest BCUT2D eigenvalue weighted by atomic mass is 9.94. The van der Waals surface area contributed by atoms with Crippen molar-refractivity contribution in [1.82, 2.24) is 15.1 Å². The van der Waals surface area contributed by atoms with E-state index in [9.17, 15) is 4.39 Å². The molecule has 0 saturated carbocycles. The quantitative estimate of drug-likeness (QED) is 0.918. The van der Waals surface area contributed by atoms with Crippen molar-refractivity contribution in [2.75, 3.05) is 13.1 Å². The third kappa shape index (κ3) is 2.84. The van der Waals surface area contributed by atoms with Crippen LogP contribution in [0, 0.1) is 11.7 Å². The van der Waals surface area contributed by atoms with Crippen LogP contribution in [0.15, 0.2) is 36.7 Å². The van der Waals surface area contributed by atoms with Crippen LogP contribution >= 0.6 is 0 Å². The molecule has 3 nitrogen and oxygen atoms in total. The normalized spacial score (nSPS) is 19.5. The van der Waals surface area contributed by atoms with Crippen molar-refractivity contribution in [1.29, 1.82) is 0 Å². The molecule has 0 radical (unpaired) electrons. The van der Waals surface area contributed by atoms with Gasteiger partial charge in [0.15, 0.2) is 0 Å².